The van der Waals surface area contributed by atoms with Crippen LogP contribution in [0, 0.1) is 0 Å². The Kier molecular flexibility index (Phi) is 5.06. The van der Waals surface area contributed by atoms with E-state index in [0.29, 0.717) is 5.69 Å². The molecule has 0 radical (unpaired) electrons. The Morgan fingerprint density at radius 3 is 2.35 bits per heavy atom. The molecule has 4 nitrogen and oxygen atoms in total. The van der Waals surface area contributed by atoms with Gasteiger partial charge in [0.1, 0.15) is 0 Å². The highest BCUT2D eigenvalue weighted by atomic mass is 79.9. The quantitative estimate of drug-likeness (QED) is 0.806. The molecule has 0 aliphatic rings. The highest BCUT2D eigenvalue weighted by Gasteiger charge is 2.06. The van der Waals surface area contributed by atoms with Crippen LogP contribution < -0.4 is 10.0 Å². The van der Waals surface area contributed by atoms with Gasteiger partial charge in [0.05, 0.1) is 12.3 Å². The number of thiophene rings is 1. The molecule has 0 bridgehead atoms. The Labute approximate surface area is 131 Å². The maximum Gasteiger partial charge on any atom is 0.232 e. The van der Waals surface area contributed by atoms with Gasteiger partial charge in [-0.25, -0.2) is 8.42 Å². The fourth-order valence-corrected chi connectivity index (χ4v) is 3.61. The van der Waals surface area contributed by atoms with Gasteiger partial charge in [-0.2, -0.15) is 0 Å². The van der Waals surface area contributed by atoms with Gasteiger partial charge in [-0.3, -0.25) is 4.72 Å². The van der Waals surface area contributed by atoms with Gasteiger partial charge in [-0.1, -0.05) is 0 Å². The summed E-state index contributed by atoms with van der Waals surface area (Å²) in [4.78, 5) is 1.22. The van der Waals surface area contributed by atoms with Crippen molar-refractivity contribution in [3.8, 4) is 0 Å². The van der Waals surface area contributed by atoms with Crippen molar-refractivity contribution in [1.82, 2.24) is 0 Å². The molecule has 0 atom stereocenters. The van der Waals surface area contributed by atoms with Crippen molar-refractivity contribution in [3.63, 3.8) is 0 Å². The Bertz CT molecular complexity index is 666. The van der Waals surface area contributed by atoms with Crippen LogP contribution in [-0.4, -0.2) is 14.2 Å². The van der Waals surface area contributed by atoms with Crippen molar-refractivity contribution in [2.75, 3.05) is 15.8 Å². The first-order chi connectivity index (χ1) is 9.50. The highest BCUT2D eigenvalue weighted by Crippen LogP contribution is 2.24. The van der Waals surface area contributed by atoms with E-state index in [1.54, 1.807) is 30.4 Å². The van der Waals surface area contributed by atoms with Gasteiger partial charge >= 0.3 is 0 Å². The van der Waals surface area contributed by atoms with Crippen LogP contribution in [0.5, 0.6) is 0 Å². The minimum Gasteiger partial charge on any atom is -0.380 e. The number of sulfonamides is 1. The fraction of sp³-hybridized carbons (Fsp3) is 0.231. The molecule has 0 fully saturated rings. The zero-order chi connectivity index (χ0) is 14.6. The van der Waals surface area contributed by atoms with Gasteiger partial charge in [0, 0.05) is 20.7 Å². The largest absolute Gasteiger partial charge is 0.380 e. The predicted molar refractivity (Wildman–Crippen MR) is 88.9 cm³/mol. The molecule has 0 unspecified atom stereocenters. The summed E-state index contributed by atoms with van der Waals surface area (Å²) in [6.45, 7) is 2.34. The molecule has 0 saturated heterocycles. The standard InChI is InChI=1S/C13H15BrN2O2S2/c1-2-20(17,18)16-11-5-3-10(4-6-11)15-9-13-12(14)7-8-19-13/h3-8,15-16H,2,9H2,1H3. The molecule has 20 heavy (non-hydrogen) atoms. The lowest BCUT2D eigenvalue weighted by Crippen LogP contribution is -2.14. The third kappa shape index (κ3) is 4.22. The molecule has 2 aromatic rings. The smallest absolute Gasteiger partial charge is 0.232 e. The van der Waals surface area contributed by atoms with E-state index < -0.39 is 10.0 Å². The zero-order valence-electron chi connectivity index (χ0n) is 10.9. The lowest BCUT2D eigenvalue weighted by atomic mass is 10.3. The fourth-order valence-electron chi connectivity index (χ4n) is 1.54. The predicted octanol–water partition coefficient (Wildman–Crippen LogP) is 3.88. The molecule has 1 heterocycles. The number of anilines is 2. The van der Waals surface area contributed by atoms with Crippen molar-refractivity contribution in [3.05, 3.63) is 45.1 Å². The summed E-state index contributed by atoms with van der Waals surface area (Å²) in [6, 6.07) is 9.23. The van der Waals surface area contributed by atoms with Gasteiger partial charge < -0.3 is 5.32 Å². The van der Waals surface area contributed by atoms with Gasteiger partial charge in [-0.05, 0) is 58.6 Å². The summed E-state index contributed by atoms with van der Waals surface area (Å²) in [5, 5.41) is 5.33. The molecule has 1 aromatic carbocycles. The van der Waals surface area contributed by atoms with Crippen LogP contribution in [0.3, 0.4) is 0 Å². The van der Waals surface area contributed by atoms with Gasteiger partial charge in [0.2, 0.25) is 10.0 Å². The number of halogens is 1. The Balaban J connectivity index is 1.97. The number of hydrogen-bond donors (Lipinski definition) is 2. The minimum atomic E-state index is -3.21. The van der Waals surface area contributed by atoms with E-state index in [1.165, 1.54) is 4.88 Å². The monoisotopic (exact) mass is 374 g/mol. The SMILES string of the molecule is CCS(=O)(=O)Nc1ccc(NCc2sccc2Br)cc1. The molecule has 7 heteroatoms. The third-order valence-electron chi connectivity index (χ3n) is 2.68. The molecule has 0 aliphatic carbocycles. The van der Waals surface area contributed by atoms with Gasteiger partial charge in [-0.15, -0.1) is 11.3 Å². The number of rotatable bonds is 6. The summed E-state index contributed by atoms with van der Waals surface area (Å²) in [5.74, 6) is 0.0689. The maximum atomic E-state index is 11.4. The average molecular weight is 375 g/mol. The second kappa shape index (κ2) is 6.60. The van der Waals surface area contributed by atoms with Crippen LogP contribution in [0.25, 0.3) is 0 Å². The van der Waals surface area contributed by atoms with Crippen molar-refractivity contribution in [2.45, 2.75) is 13.5 Å². The molecule has 0 amide bonds. The van der Waals surface area contributed by atoms with Crippen LogP contribution in [0.1, 0.15) is 11.8 Å². The van der Waals surface area contributed by atoms with Crippen LogP contribution >= 0.6 is 27.3 Å². The summed E-state index contributed by atoms with van der Waals surface area (Å²) < 4.78 is 26.5. The van der Waals surface area contributed by atoms with E-state index in [-0.39, 0.29) is 5.75 Å². The number of benzene rings is 1. The van der Waals surface area contributed by atoms with Crippen LogP contribution in [-0.2, 0) is 16.6 Å². The summed E-state index contributed by atoms with van der Waals surface area (Å²) >= 11 is 5.17. The van der Waals surface area contributed by atoms with E-state index in [2.05, 4.69) is 26.0 Å². The molecule has 0 saturated carbocycles. The zero-order valence-corrected chi connectivity index (χ0v) is 14.1. The molecule has 1 aromatic heterocycles. The second-order valence-electron chi connectivity index (χ2n) is 4.13. The van der Waals surface area contributed by atoms with Crippen molar-refractivity contribution in [1.29, 1.82) is 0 Å². The van der Waals surface area contributed by atoms with Gasteiger partial charge in [0.25, 0.3) is 0 Å². The first kappa shape index (κ1) is 15.3. The third-order valence-corrected chi connectivity index (χ3v) is 5.92. The molecular formula is C13H15BrN2O2S2. The van der Waals surface area contributed by atoms with E-state index in [9.17, 15) is 8.42 Å². The van der Waals surface area contributed by atoms with Crippen LogP contribution in [0.15, 0.2) is 40.2 Å². The van der Waals surface area contributed by atoms with E-state index >= 15 is 0 Å². The van der Waals surface area contributed by atoms with Crippen molar-refractivity contribution in [2.24, 2.45) is 0 Å². The van der Waals surface area contributed by atoms with Crippen molar-refractivity contribution < 1.29 is 8.42 Å². The van der Waals surface area contributed by atoms with E-state index in [0.717, 1.165) is 16.7 Å². The number of nitrogens with one attached hydrogen (secondary N) is 2. The highest BCUT2D eigenvalue weighted by molar-refractivity contribution is 9.10. The van der Waals surface area contributed by atoms with Gasteiger partial charge in [0.15, 0.2) is 0 Å². The molecule has 108 valence electrons. The first-order valence-electron chi connectivity index (χ1n) is 6.06. The minimum absolute atomic E-state index is 0.0689. The summed E-state index contributed by atoms with van der Waals surface area (Å²) in [5.41, 5.74) is 1.53. The summed E-state index contributed by atoms with van der Waals surface area (Å²) in [7, 11) is -3.21. The Morgan fingerprint density at radius 2 is 1.80 bits per heavy atom. The van der Waals surface area contributed by atoms with Crippen LogP contribution in [0.2, 0.25) is 0 Å². The number of hydrogen-bond acceptors (Lipinski definition) is 4. The molecule has 2 rings (SSSR count). The molecule has 0 aliphatic heterocycles. The average Bonchev–Trinajstić information content (AvgIpc) is 2.83. The van der Waals surface area contributed by atoms with Crippen LogP contribution in [0.4, 0.5) is 11.4 Å². The molecule has 0 spiro atoms. The first-order valence-corrected chi connectivity index (χ1v) is 9.39. The second-order valence-corrected chi connectivity index (χ2v) is 7.99. The molecular weight excluding hydrogens is 360 g/mol. The Hall–Kier alpha value is -1.05. The molecule has 2 N–H and O–H groups in total. The van der Waals surface area contributed by atoms with E-state index in [1.807, 2.05) is 23.6 Å². The lowest BCUT2D eigenvalue weighted by Gasteiger charge is -2.08. The van der Waals surface area contributed by atoms with Crippen molar-refractivity contribution >= 4 is 48.7 Å². The normalized spacial score (nSPS) is 11.3. The summed E-state index contributed by atoms with van der Waals surface area (Å²) in [6.07, 6.45) is 0. The van der Waals surface area contributed by atoms with E-state index in [4.69, 9.17) is 0 Å². The topological polar surface area (TPSA) is 58.2 Å². The maximum absolute atomic E-state index is 11.4. The lowest BCUT2D eigenvalue weighted by molar-refractivity contribution is 0.602. The Morgan fingerprint density at radius 1 is 1.15 bits per heavy atom.